The van der Waals surface area contributed by atoms with Gasteiger partial charge in [-0.3, -0.25) is 14.9 Å². The minimum Gasteiger partial charge on any atom is -0.393 e. The Bertz CT molecular complexity index is 544. The lowest BCUT2D eigenvalue weighted by atomic mass is 10.0. The number of nitrogens with two attached hydrogens (primary N) is 1. The van der Waals surface area contributed by atoms with E-state index in [0.717, 1.165) is 25.9 Å². The molecule has 1 fully saturated rings. The molecule has 0 atom stereocenters. The van der Waals surface area contributed by atoms with E-state index in [4.69, 9.17) is 5.73 Å². The molecule has 0 aromatic heterocycles. The van der Waals surface area contributed by atoms with E-state index in [9.17, 15) is 14.9 Å². The third-order valence-corrected chi connectivity index (χ3v) is 3.42. The molecule has 2 rings (SSSR count). The van der Waals surface area contributed by atoms with Crippen LogP contribution in [-0.2, 0) is 0 Å². The fourth-order valence-corrected chi connectivity index (χ4v) is 2.35. The molecule has 1 heterocycles. The van der Waals surface area contributed by atoms with Crippen LogP contribution in [0.4, 0.5) is 11.4 Å². The number of nitro benzene ring substituents is 1. The second-order valence-corrected chi connectivity index (χ2v) is 5.00. The molecule has 0 aliphatic carbocycles. The average molecular weight is 315 g/mol. The molecule has 0 bridgehead atoms. The number of nitrogens with zero attached hydrogens (tertiary/aromatic N) is 1. The Kier molecular flexibility index (Phi) is 5.92. The summed E-state index contributed by atoms with van der Waals surface area (Å²) in [4.78, 5) is 22.6. The first-order valence-electron chi connectivity index (χ1n) is 6.55. The van der Waals surface area contributed by atoms with Crippen LogP contribution in [0.15, 0.2) is 12.1 Å². The maximum atomic E-state index is 12.2. The number of carbonyl (C=O) groups excluding carboxylic acids is 1. The van der Waals surface area contributed by atoms with Gasteiger partial charge in [0.2, 0.25) is 0 Å². The first-order chi connectivity index (χ1) is 9.49. The SMILES string of the molecule is Cc1cc(C(=O)NC2CCNCC2)c(N)c([N+](=O)[O-])c1.Cl. The van der Waals surface area contributed by atoms with E-state index < -0.39 is 4.92 Å². The Labute approximate surface area is 128 Å². The maximum Gasteiger partial charge on any atom is 0.293 e. The number of nitrogens with one attached hydrogen (secondary N) is 2. The molecular weight excluding hydrogens is 296 g/mol. The Morgan fingerprint density at radius 2 is 2.05 bits per heavy atom. The van der Waals surface area contributed by atoms with Gasteiger partial charge < -0.3 is 16.4 Å². The lowest BCUT2D eigenvalue weighted by Crippen LogP contribution is -2.42. The molecule has 0 unspecified atom stereocenters. The van der Waals surface area contributed by atoms with Gasteiger partial charge in [0.1, 0.15) is 5.69 Å². The predicted octanol–water partition coefficient (Wildman–Crippen LogP) is 1.39. The number of benzene rings is 1. The molecule has 0 radical (unpaired) electrons. The molecule has 116 valence electrons. The Balaban J connectivity index is 0.00000220. The van der Waals surface area contributed by atoms with Crippen LogP contribution in [0, 0.1) is 17.0 Å². The van der Waals surface area contributed by atoms with E-state index in [-0.39, 0.29) is 41.3 Å². The van der Waals surface area contributed by atoms with Crippen molar-refractivity contribution in [1.82, 2.24) is 10.6 Å². The summed E-state index contributed by atoms with van der Waals surface area (Å²) < 4.78 is 0. The molecule has 21 heavy (non-hydrogen) atoms. The van der Waals surface area contributed by atoms with Gasteiger partial charge in [-0.2, -0.15) is 0 Å². The Hall–Kier alpha value is -1.86. The summed E-state index contributed by atoms with van der Waals surface area (Å²) >= 11 is 0. The molecule has 1 aromatic rings. The standard InChI is InChI=1S/C13H18N4O3.ClH/c1-8-6-10(12(14)11(7-8)17(19)20)13(18)16-9-2-4-15-5-3-9;/h6-7,9,15H,2-5,14H2,1H3,(H,16,18);1H. The lowest BCUT2D eigenvalue weighted by Gasteiger charge is -2.24. The van der Waals surface area contributed by atoms with Crippen molar-refractivity contribution in [3.63, 3.8) is 0 Å². The van der Waals surface area contributed by atoms with Crippen LogP contribution < -0.4 is 16.4 Å². The van der Waals surface area contributed by atoms with Gasteiger partial charge in [-0.05, 0) is 44.5 Å². The summed E-state index contributed by atoms with van der Waals surface area (Å²) in [6.45, 7) is 3.41. The van der Waals surface area contributed by atoms with Crippen molar-refractivity contribution < 1.29 is 9.72 Å². The van der Waals surface area contributed by atoms with Crippen molar-refractivity contribution in [3.05, 3.63) is 33.4 Å². The molecule has 0 saturated carbocycles. The van der Waals surface area contributed by atoms with Gasteiger partial charge in [-0.25, -0.2) is 0 Å². The quantitative estimate of drug-likeness (QED) is 0.443. The molecule has 1 saturated heterocycles. The number of rotatable bonds is 3. The van der Waals surface area contributed by atoms with Gasteiger partial charge >= 0.3 is 0 Å². The number of carbonyl (C=O) groups is 1. The van der Waals surface area contributed by atoms with Gasteiger partial charge in [-0.15, -0.1) is 12.4 Å². The number of anilines is 1. The van der Waals surface area contributed by atoms with Crippen LogP contribution in [0.25, 0.3) is 0 Å². The van der Waals surface area contributed by atoms with Crippen molar-refractivity contribution in [2.24, 2.45) is 0 Å². The van der Waals surface area contributed by atoms with Crippen molar-refractivity contribution in [1.29, 1.82) is 0 Å². The highest BCUT2D eigenvalue weighted by Gasteiger charge is 2.23. The number of piperidine rings is 1. The van der Waals surface area contributed by atoms with Crippen LogP contribution in [0.2, 0.25) is 0 Å². The second-order valence-electron chi connectivity index (χ2n) is 5.00. The Morgan fingerprint density at radius 3 is 2.62 bits per heavy atom. The molecule has 7 nitrogen and oxygen atoms in total. The number of halogens is 1. The van der Waals surface area contributed by atoms with Gasteiger partial charge in [-0.1, -0.05) is 0 Å². The first kappa shape index (κ1) is 17.2. The first-order valence-corrected chi connectivity index (χ1v) is 6.55. The number of amides is 1. The van der Waals surface area contributed by atoms with Gasteiger partial charge in [0.15, 0.2) is 0 Å². The van der Waals surface area contributed by atoms with Crippen LogP contribution in [0.5, 0.6) is 0 Å². The summed E-state index contributed by atoms with van der Waals surface area (Å²) in [6, 6.07) is 3.04. The molecule has 4 N–H and O–H groups in total. The van der Waals surface area contributed by atoms with E-state index in [1.165, 1.54) is 6.07 Å². The number of hydrogen-bond acceptors (Lipinski definition) is 5. The smallest absolute Gasteiger partial charge is 0.293 e. The number of nitro groups is 1. The van der Waals surface area contributed by atoms with E-state index in [2.05, 4.69) is 10.6 Å². The highest BCUT2D eigenvalue weighted by Crippen LogP contribution is 2.27. The zero-order chi connectivity index (χ0) is 14.7. The van der Waals surface area contributed by atoms with Gasteiger partial charge in [0.05, 0.1) is 10.5 Å². The van der Waals surface area contributed by atoms with E-state index in [1.54, 1.807) is 13.0 Å². The molecule has 1 aromatic carbocycles. The summed E-state index contributed by atoms with van der Waals surface area (Å²) in [7, 11) is 0. The zero-order valence-electron chi connectivity index (χ0n) is 11.7. The highest BCUT2D eigenvalue weighted by molar-refractivity contribution is 6.01. The number of hydrogen-bond donors (Lipinski definition) is 3. The van der Waals surface area contributed by atoms with Crippen molar-refractivity contribution in [2.75, 3.05) is 18.8 Å². The minimum atomic E-state index is -0.566. The highest BCUT2D eigenvalue weighted by atomic mass is 35.5. The topological polar surface area (TPSA) is 110 Å². The van der Waals surface area contributed by atoms with Crippen LogP contribution in [-0.4, -0.2) is 30.0 Å². The maximum absolute atomic E-state index is 12.2. The largest absolute Gasteiger partial charge is 0.393 e. The molecule has 1 amide bonds. The molecule has 8 heteroatoms. The van der Waals surface area contributed by atoms with Crippen LogP contribution in [0.1, 0.15) is 28.8 Å². The van der Waals surface area contributed by atoms with E-state index in [1.807, 2.05) is 0 Å². The molecular formula is C13H19ClN4O3. The summed E-state index contributed by atoms with van der Waals surface area (Å²) in [6.07, 6.45) is 1.69. The number of nitrogen functional groups attached to an aromatic ring is 1. The number of aryl methyl sites for hydroxylation is 1. The zero-order valence-corrected chi connectivity index (χ0v) is 12.5. The summed E-state index contributed by atoms with van der Waals surface area (Å²) in [5.74, 6) is -0.346. The van der Waals surface area contributed by atoms with Crippen LogP contribution in [0.3, 0.4) is 0 Å². The lowest BCUT2D eigenvalue weighted by molar-refractivity contribution is -0.384. The second kappa shape index (κ2) is 7.24. The van der Waals surface area contributed by atoms with E-state index >= 15 is 0 Å². The monoisotopic (exact) mass is 314 g/mol. The summed E-state index contributed by atoms with van der Waals surface area (Å²) in [5, 5.41) is 17.0. The molecule has 1 aliphatic rings. The Morgan fingerprint density at radius 1 is 1.43 bits per heavy atom. The summed E-state index contributed by atoms with van der Waals surface area (Å²) in [5.41, 5.74) is 6.26. The van der Waals surface area contributed by atoms with Gasteiger partial charge in [0.25, 0.3) is 11.6 Å². The fourth-order valence-electron chi connectivity index (χ4n) is 2.35. The minimum absolute atomic E-state index is 0. The normalized spacial score (nSPS) is 15.1. The van der Waals surface area contributed by atoms with E-state index in [0.29, 0.717) is 5.56 Å². The van der Waals surface area contributed by atoms with Crippen molar-refractivity contribution >= 4 is 29.7 Å². The van der Waals surface area contributed by atoms with Crippen molar-refractivity contribution in [3.8, 4) is 0 Å². The predicted molar refractivity (Wildman–Crippen MR) is 82.9 cm³/mol. The van der Waals surface area contributed by atoms with Gasteiger partial charge in [0, 0.05) is 12.1 Å². The molecule has 0 spiro atoms. The third-order valence-electron chi connectivity index (χ3n) is 3.42. The average Bonchev–Trinajstić information content (AvgIpc) is 2.41. The van der Waals surface area contributed by atoms with Crippen LogP contribution >= 0.6 is 12.4 Å². The van der Waals surface area contributed by atoms with Crippen molar-refractivity contribution in [2.45, 2.75) is 25.8 Å². The molecule has 1 aliphatic heterocycles. The fraction of sp³-hybridized carbons (Fsp3) is 0.462. The third kappa shape index (κ3) is 4.05.